The minimum atomic E-state index is -0.535. The highest BCUT2D eigenvalue weighted by molar-refractivity contribution is 9.25. The first-order valence-electron chi connectivity index (χ1n) is 5.89. The lowest BCUT2D eigenvalue weighted by Gasteiger charge is -2.26. The van der Waals surface area contributed by atoms with Crippen LogP contribution in [0.5, 0.6) is 0 Å². The molecule has 0 aromatic rings. The molecule has 0 saturated heterocycles. The van der Waals surface area contributed by atoms with Crippen molar-refractivity contribution in [2.75, 3.05) is 13.2 Å². The molecule has 0 amide bonds. The molecule has 0 heterocycles. The molecule has 18 heavy (non-hydrogen) atoms. The summed E-state index contributed by atoms with van der Waals surface area (Å²) in [6, 6.07) is -0.108. The molecule has 1 fully saturated rings. The number of hydrogen-bond donors (Lipinski definition) is 1. The summed E-state index contributed by atoms with van der Waals surface area (Å²) in [5, 5.41) is 0. The third kappa shape index (κ3) is 5.24. The van der Waals surface area contributed by atoms with Crippen LogP contribution in [0.1, 0.15) is 25.7 Å². The van der Waals surface area contributed by atoms with Crippen LogP contribution in [0.4, 0.5) is 0 Å². The predicted octanol–water partition coefficient (Wildman–Crippen LogP) is 1.71. The molecule has 0 aromatic heterocycles. The van der Waals surface area contributed by atoms with E-state index in [9.17, 15) is 9.59 Å². The largest absolute Gasteiger partial charge is 0.462 e. The average Bonchev–Trinajstić information content (AvgIpc) is 2.34. The zero-order chi connectivity index (χ0) is 13.5. The molecule has 104 valence electrons. The molecule has 7 heteroatoms. The van der Waals surface area contributed by atoms with Gasteiger partial charge in [0.15, 0.2) is 3.74 Å². The molecule has 0 aliphatic heterocycles. The van der Waals surface area contributed by atoms with Gasteiger partial charge in [-0.05, 0) is 12.8 Å². The van der Waals surface area contributed by atoms with Gasteiger partial charge in [0.2, 0.25) is 0 Å². The number of carbonyl (C=O) groups excluding carboxylic acids is 2. The highest BCUT2D eigenvalue weighted by Gasteiger charge is 2.29. The van der Waals surface area contributed by atoms with Gasteiger partial charge in [-0.2, -0.15) is 0 Å². The summed E-state index contributed by atoms with van der Waals surface area (Å²) in [5.74, 6) is -0.942. The Bertz CT molecular complexity index is 299. The van der Waals surface area contributed by atoms with Crippen molar-refractivity contribution in [1.82, 2.24) is 0 Å². The van der Waals surface area contributed by atoms with Gasteiger partial charge < -0.3 is 15.2 Å². The zero-order valence-electron chi connectivity index (χ0n) is 9.94. The first kappa shape index (κ1) is 15.9. The Balaban J connectivity index is 2.18. The first-order valence-corrected chi connectivity index (χ1v) is 7.72. The SMILES string of the molecule is NC1CCCCC1C(=O)OCCOC(=O)C(Br)Br. The van der Waals surface area contributed by atoms with E-state index in [1.807, 2.05) is 0 Å². The number of ether oxygens (including phenoxy) is 2. The molecule has 0 aromatic carbocycles. The summed E-state index contributed by atoms with van der Waals surface area (Å²) >= 11 is 6.02. The van der Waals surface area contributed by atoms with Crippen LogP contribution >= 0.6 is 31.9 Å². The van der Waals surface area contributed by atoms with Crippen molar-refractivity contribution in [3.8, 4) is 0 Å². The van der Waals surface area contributed by atoms with E-state index in [2.05, 4.69) is 31.9 Å². The maximum absolute atomic E-state index is 11.7. The Labute approximate surface area is 123 Å². The lowest BCUT2D eigenvalue weighted by Crippen LogP contribution is -2.39. The molecule has 1 rings (SSSR count). The number of nitrogens with two attached hydrogens (primary N) is 1. The van der Waals surface area contributed by atoms with E-state index in [0.717, 1.165) is 25.7 Å². The summed E-state index contributed by atoms with van der Waals surface area (Å²) < 4.78 is 9.35. The van der Waals surface area contributed by atoms with E-state index in [1.165, 1.54) is 0 Å². The second-order valence-corrected chi connectivity index (χ2v) is 7.25. The van der Waals surface area contributed by atoms with Gasteiger partial charge in [-0.3, -0.25) is 4.79 Å². The summed E-state index contributed by atoms with van der Waals surface area (Å²) in [5.41, 5.74) is 5.87. The zero-order valence-corrected chi connectivity index (χ0v) is 13.1. The number of hydrogen-bond acceptors (Lipinski definition) is 5. The van der Waals surface area contributed by atoms with Gasteiger partial charge in [-0.15, -0.1) is 0 Å². The number of rotatable bonds is 5. The Hall–Kier alpha value is -0.140. The van der Waals surface area contributed by atoms with Crippen LogP contribution in [0.3, 0.4) is 0 Å². The monoisotopic (exact) mass is 385 g/mol. The fourth-order valence-corrected chi connectivity index (χ4v) is 2.17. The Morgan fingerprint density at radius 1 is 1.17 bits per heavy atom. The minimum absolute atomic E-state index is 0.0558. The van der Waals surface area contributed by atoms with E-state index in [4.69, 9.17) is 15.2 Å². The van der Waals surface area contributed by atoms with Gasteiger partial charge in [0.1, 0.15) is 13.2 Å². The van der Waals surface area contributed by atoms with Crippen molar-refractivity contribution in [3.05, 3.63) is 0 Å². The van der Waals surface area contributed by atoms with Gasteiger partial charge >= 0.3 is 11.9 Å². The topological polar surface area (TPSA) is 78.6 Å². The van der Waals surface area contributed by atoms with E-state index in [-0.39, 0.29) is 31.1 Å². The van der Waals surface area contributed by atoms with Gasteiger partial charge in [-0.1, -0.05) is 44.7 Å². The van der Waals surface area contributed by atoms with Crippen LogP contribution in [0, 0.1) is 5.92 Å². The van der Waals surface area contributed by atoms with Crippen LogP contribution in [-0.4, -0.2) is 34.9 Å². The van der Waals surface area contributed by atoms with Crippen LogP contribution in [0.2, 0.25) is 0 Å². The maximum atomic E-state index is 11.7. The number of esters is 2. The van der Waals surface area contributed by atoms with Gasteiger partial charge in [0.05, 0.1) is 5.92 Å². The molecule has 0 spiro atoms. The molecule has 5 nitrogen and oxygen atoms in total. The minimum Gasteiger partial charge on any atom is -0.462 e. The first-order chi connectivity index (χ1) is 8.52. The summed E-state index contributed by atoms with van der Waals surface area (Å²) in [6.07, 6.45) is 3.73. The van der Waals surface area contributed by atoms with Crippen LogP contribution in [-0.2, 0) is 19.1 Å². The van der Waals surface area contributed by atoms with E-state index >= 15 is 0 Å². The second kappa shape index (κ2) is 8.12. The molecule has 1 saturated carbocycles. The molecule has 0 radical (unpaired) electrons. The van der Waals surface area contributed by atoms with Crippen molar-refractivity contribution < 1.29 is 19.1 Å². The third-order valence-electron chi connectivity index (χ3n) is 2.87. The van der Waals surface area contributed by atoms with Crippen molar-refractivity contribution in [3.63, 3.8) is 0 Å². The molecule has 1 aliphatic carbocycles. The number of alkyl halides is 2. The quantitative estimate of drug-likeness (QED) is 0.442. The summed E-state index contributed by atoms with van der Waals surface area (Å²) in [4.78, 5) is 22.8. The molecular formula is C11H17Br2NO4. The third-order valence-corrected chi connectivity index (χ3v) is 3.62. The van der Waals surface area contributed by atoms with Gasteiger partial charge in [0.25, 0.3) is 0 Å². The molecule has 0 bridgehead atoms. The number of carbonyl (C=O) groups is 2. The summed E-state index contributed by atoms with van der Waals surface area (Å²) in [7, 11) is 0. The fourth-order valence-electron chi connectivity index (χ4n) is 1.91. The standard InChI is InChI=1S/C11H17Br2NO4/c12-9(13)11(16)18-6-5-17-10(15)7-3-1-2-4-8(7)14/h7-9H,1-6,14H2. The lowest BCUT2D eigenvalue weighted by molar-refractivity contribution is -0.155. The molecule has 2 N–H and O–H groups in total. The summed E-state index contributed by atoms with van der Waals surface area (Å²) in [6.45, 7) is 0.126. The van der Waals surface area contributed by atoms with Crippen molar-refractivity contribution in [2.24, 2.45) is 11.7 Å². The van der Waals surface area contributed by atoms with Gasteiger partial charge in [-0.25, -0.2) is 4.79 Å². The molecule has 2 unspecified atom stereocenters. The van der Waals surface area contributed by atoms with Crippen LogP contribution in [0.25, 0.3) is 0 Å². The highest BCUT2D eigenvalue weighted by Crippen LogP contribution is 2.23. The van der Waals surface area contributed by atoms with E-state index < -0.39 is 9.71 Å². The predicted molar refractivity (Wildman–Crippen MR) is 73.5 cm³/mol. The number of halogens is 2. The lowest BCUT2D eigenvalue weighted by atomic mass is 9.85. The van der Waals surface area contributed by atoms with E-state index in [0.29, 0.717) is 0 Å². The van der Waals surface area contributed by atoms with Crippen LogP contribution < -0.4 is 5.73 Å². The smallest absolute Gasteiger partial charge is 0.330 e. The van der Waals surface area contributed by atoms with Crippen molar-refractivity contribution >= 4 is 43.8 Å². The van der Waals surface area contributed by atoms with Crippen molar-refractivity contribution in [2.45, 2.75) is 35.5 Å². The maximum Gasteiger partial charge on any atom is 0.330 e. The molecule has 2 atom stereocenters. The van der Waals surface area contributed by atoms with Crippen LogP contribution in [0.15, 0.2) is 0 Å². The molecule has 1 aliphatic rings. The van der Waals surface area contributed by atoms with Gasteiger partial charge in [0, 0.05) is 6.04 Å². The highest BCUT2D eigenvalue weighted by atomic mass is 79.9. The Morgan fingerprint density at radius 2 is 1.78 bits per heavy atom. The Morgan fingerprint density at radius 3 is 2.39 bits per heavy atom. The van der Waals surface area contributed by atoms with Crippen molar-refractivity contribution in [1.29, 1.82) is 0 Å². The normalized spacial score (nSPS) is 23.8. The van der Waals surface area contributed by atoms with E-state index in [1.54, 1.807) is 0 Å². The fraction of sp³-hybridized carbons (Fsp3) is 0.818. The Kier molecular flexibility index (Phi) is 7.18. The second-order valence-electron chi connectivity index (χ2n) is 4.19. The molecular weight excluding hydrogens is 370 g/mol. The average molecular weight is 387 g/mol.